The Hall–Kier alpha value is -3.95. The smallest absolute Gasteiger partial charge is 0.252 e. The van der Waals surface area contributed by atoms with Crippen LogP contribution in [0, 0.1) is 5.82 Å². The molecule has 0 radical (unpaired) electrons. The Labute approximate surface area is 228 Å². The number of carbonyl (C=O) groups excluding carboxylic acids is 1. The van der Waals surface area contributed by atoms with Crippen molar-refractivity contribution in [3.05, 3.63) is 98.9 Å². The Morgan fingerprint density at radius 3 is 2.53 bits per heavy atom. The molecule has 0 spiro atoms. The molecule has 2 heterocycles. The number of pyridine rings is 1. The topological polar surface area (TPSA) is 105 Å². The van der Waals surface area contributed by atoms with Crippen molar-refractivity contribution in [2.75, 3.05) is 7.11 Å². The number of hydrogen-bond donors (Lipinski definition) is 1. The number of nitrogens with two attached hydrogens (primary N) is 1. The van der Waals surface area contributed by atoms with Gasteiger partial charge in [0.15, 0.2) is 10.9 Å². The third-order valence-corrected chi connectivity index (χ3v) is 6.49. The summed E-state index contributed by atoms with van der Waals surface area (Å²) in [5.41, 5.74) is 7.46. The van der Waals surface area contributed by atoms with Gasteiger partial charge in [-0.3, -0.25) is 9.59 Å². The predicted molar refractivity (Wildman–Crippen MR) is 145 cm³/mol. The van der Waals surface area contributed by atoms with Gasteiger partial charge in [0, 0.05) is 39.9 Å². The lowest BCUT2D eigenvalue weighted by atomic mass is 9.99. The first-order valence-corrected chi connectivity index (χ1v) is 12.3. The molecule has 2 aromatic carbocycles. The molecule has 1 atom stereocenters. The third-order valence-electron chi connectivity index (χ3n) is 6.08. The van der Waals surface area contributed by atoms with Gasteiger partial charge in [0.25, 0.3) is 5.56 Å². The maximum Gasteiger partial charge on any atom is 0.252 e. The van der Waals surface area contributed by atoms with Crippen LogP contribution in [0.5, 0.6) is 5.75 Å². The molecule has 0 amide bonds. The van der Waals surface area contributed by atoms with Gasteiger partial charge in [-0.15, -0.1) is 5.10 Å². The molecular weight excluding hydrogens is 532 g/mol. The minimum Gasteiger partial charge on any atom is -0.495 e. The van der Waals surface area contributed by atoms with Crippen molar-refractivity contribution >= 4 is 34.7 Å². The van der Waals surface area contributed by atoms with E-state index in [4.69, 9.17) is 33.7 Å². The molecule has 2 N–H and O–H groups in total. The molecule has 0 saturated heterocycles. The molecule has 2 aromatic heterocycles. The van der Waals surface area contributed by atoms with Gasteiger partial charge in [0.2, 0.25) is 0 Å². The van der Waals surface area contributed by atoms with E-state index < -0.39 is 17.4 Å². The zero-order valence-electron chi connectivity index (χ0n) is 20.6. The number of rotatable bonds is 9. The van der Waals surface area contributed by atoms with Crippen LogP contribution in [-0.4, -0.2) is 32.5 Å². The molecule has 38 heavy (non-hydrogen) atoms. The second kappa shape index (κ2) is 11.2. The van der Waals surface area contributed by atoms with E-state index in [0.29, 0.717) is 39.6 Å². The second-order valence-electron chi connectivity index (χ2n) is 8.55. The summed E-state index contributed by atoms with van der Waals surface area (Å²) in [5.74, 6) is -0.490. The maximum absolute atomic E-state index is 14.4. The van der Waals surface area contributed by atoms with Gasteiger partial charge in [0.1, 0.15) is 11.6 Å². The molecule has 0 unspecified atom stereocenters. The summed E-state index contributed by atoms with van der Waals surface area (Å²) in [4.78, 5) is 26.6. The predicted octanol–water partition coefficient (Wildman–Crippen LogP) is 5.24. The summed E-state index contributed by atoms with van der Waals surface area (Å²) in [5, 5.41) is 8.44. The third kappa shape index (κ3) is 5.49. The second-order valence-corrected chi connectivity index (χ2v) is 9.38. The molecule has 0 aliphatic carbocycles. The molecule has 0 saturated carbocycles. The molecule has 0 fully saturated rings. The molecular formula is C27H24Cl2FN5O3. The van der Waals surface area contributed by atoms with Gasteiger partial charge >= 0.3 is 0 Å². The Morgan fingerprint density at radius 1 is 1.16 bits per heavy atom. The Balaban J connectivity index is 1.73. The van der Waals surface area contributed by atoms with Crippen molar-refractivity contribution in [1.29, 1.82) is 0 Å². The number of hydrogen-bond acceptors (Lipinski definition) is 6. The van der Waals surface area contributed by atoms with Crippen molar-refractivity contribution in [3.63, 3.8) is 0 Å². The number of methoxy groups -OCH3 is 1. The monoisotopic (exact) mass is 555 g/mol. The van der Waals surface area contributed by atoms with Crippen LogP contribution in [0.1, 0.15) is 30.5 Å². The Bertz CT molecular complexity index is 1600. The van der Waals surface area contributed by atoms with Crippen molar-refractivity contribution in [1.82, 2.24) is 19.6 Å². The van der Waals surface area contributed by atoms with E-state index in [1.54, 1.807) is 31.2 Å². The lowest BCUT2D eigenvalue weighted by Crippen LogP contribution is -2.30. The Morgan fingerprint density at radius 2 is 1.92 bits per heavy atom. The van der Waals surface area contributed by atoms with E-state index in [-0.39, 0.29) is 28.6 Å². The number of ketones is 1. The summed E-state index contributed by atoms with van der Waals surface area (Å²) < 4.78 is 22.8. The number of benzene rings is 2. The first-order valence-electron chi connectivity index (χ1n) is 11.6. The van der Waals surface area contributed by atoms with Crippen LogP contribution in [0.4, 0.5) is 4.39 Å². The highest BCUT2D eigenvalue weighted by atomic mass is 35.5. The number of nitrogens with zero attached hydrogens (tertiary/aromatic N) is 4. The molecule has 11 heteroatoms. The minimum absolute atomic E-state index is 0.0746. The highest BCUT2D eigenvalue weighted by Gasteiger charge is 2.23. The zero-order valence-corrected chi connectivity index (χ0v) is 22.1. The summed E-state index contributed by atoms with van der Waals surface area (Å²) in [6.07, 6.45) is 3.27. The van der Waals surface area contributed by atoms with E-state index in [0.717, 1.165) is 0 Å². The van der Waals surface area contributed by atoms with E-state index >= 15 is 0 Å². The molecule has 4 aromatic rings. The average Bonchev–Trinajstić information content (AvgIpc) is 3.30. The number of halogens is 3. The van der Waals surface area contributed by atoms with Gasteiger partial charge in [-0.1, -0.05) is 48.0 Å². The highest BCUT2D eigenvalue weighted by Crippen LogP contribution is 2.35. The Kier molecular flexibility index (Phi) is 7.99. The highest BCUT2D eigenvalue weighted by molar-refractivity contribution is 6.31. The van der Waals surface area contributed by atoms with Gasteiger partial charge in [-0.25, -0.2) is 9.07 Å². The molecule has 0 bridgehead atoms. The minimum atomic E-state index is -0.800. The molecule has 8 nitrogen and oxygen atoms in total. The zero-order chi connectivity index (χ0) is 27.6. The summed E-state index contributed by atoms with van der Waals surface area (Å²) >= 11 is 12.2. The standard InChI is InChI=1S/C27H24Cl2FN5O3/c1-4-22(24(36)10-16-5-7-18(15(2)31)21(30)9-16)34-13-25(38-3)20(12-27(34)37)19-11-17(28)6-8-23(19)35-14-26(29)32-33-35/h5-9,11-14,22H,2,4,10,31H2,1,3H3/t22-/m0/s1. The molecule has 0 aliphatic rings. The van der Waals surface area contributed by atoms with Crippen LogP contribution < -0.4 is 16.0 Å². The van der Waals surface area contributed by atoms with Crippen LogP contribution in [0.15, 0.2) is 66.2 Å². The largest absolute Gasteiger partial charge is 0.495 e. The molecule has 0 aliphatic heterocycles. The lowest BCUT2D eigenvalue weighted by molar-refractivity contribution is -0.121. The average molecular weight is 556 g/mol. The van der Waals surface area contributed by atoms with E-state index in [2.05, 4.69) is 16.9 Å². The summed E-state index contributed by atoms with van der Waals surface area (Å²) in [6.45, 7) is 5.33. The van der Waals surface area contributed by atoms with Crippen LogP contribution >= 0.6 is 23.2 Å². The van der Waals surface area contributed by atoms with Crippen LogP contribution in [0.25, 0.3) is 22.5 Å². The number of aromatic nitrogens is 4. The fraction of sp³-hybridized carbons (Fsp3) is 0.185. The quantitative estimate of drug-likeness (QED) is 0.302. The first-order chi connectivity index (χ1) is 18.1. The van der Waals surface area contributed by atoms with Gasteiger partial charge in [0.05, 0.1) is 31.2 Å². The SMILES string of the molecule is C=C(N)c1ccc(CC(=O)[C@H](CC)n2cc(OC)c(-c3cc(Cl)ccc3-n3cc(Cl)nn3)cc2=O)cc1F. The number of Topliss-reactive ketones (excluding diaryl/α,β-unsaturated/α-hetero) is 1. The maximum atomic E-state index is 14.4. The van der Waals surface area contributed by atoms with Crippen LogP contribution in [-0.2, 0) is 11.2 Å². The van der Waals surface area contributed by atoms with Gasteiger partial charge < -0.3 is 15.0 Å². The fourth-order valence-electron chi connectivity index (χ4n) is 4.26. The van der Waals surface area contributed by atoms with E-state index in [1.165, 1.54) is 47.0 Å². The fourth-order valence-corrected chi connectivity index (χ4v) is 4.56. The number of carbonyl (C=O) groups is 1. The van der Waals surface area contributed by atoms with Crippen LogP contribution in [0.3, 0.4) is 0 Å². The molecule has 196 valence electrons. The summed E-state index contributed by atoms with van der Waals surface area (Å²) in [7, 11) is 1.46. The van der Waals surface area contributed by atoms with Crippen LogP contribution in [0.2, 0.25) is 10.2 Å². The van der Waals surface area contributed by atoms with Crippen molar-refractivity contribution in [3.8, 4) is 22.6 Å². The van der Waals surface area contributed by atoms with Gasteiger partial charge in [-0.2, -0.15) is 0 Å². The molecule has 4 rings (SSSR count). The van der Waals surface area contributed by atoms with E-state index in [9.17, 15) is 14.0 Å². The lowest BCUT2D eigenvalue weighted by Gasteiger charge is -2.20. The van der Waals surface area contributed by atoms with Crippen molar-refractivity contribution in [2.45, 2.75) is 25.8 Å². The normalized spacial score (nSPS) is 11.8. The number of ether oxygens (including phenoxy) is 1. The van der Waals surface area contributed by atoms with Gasteiger partial charge in [-0.05, 0) is 42.3 Å². The summed E-state index contributed by atoms with van der Waals surface area (Å²) in [6, 6.07) is 9.99. The van der Waals surface area contributed by atoms with E-state index in [1.807, 2.05) is 0 Å². The van der Waals surface area contributed by atoms with Crippen molar-refractivity contribution in [2.24, 2.45) is 5.73 Å². The van der Waals surface area contributed by atoms with Crippen molar-refractivity contribution < 1.29 is 13.9 Å². The first kappa shape index (κ1) is 27.1.